The van der Waals surface area contributed by atoms with E-state index in [4.69, 9.17) is 11.1 Å². The van der Waals surface area contributed by atoms with Crippen LogP contribution < -0.4 is 11.1 Å². The molecular formula is C32H31N5O. The second-order valence-electron chi connectivity index (χ2n) is 9.95. The van der Waals surface area contributed by atoms with Crippen molar-refractivity contribution < 1.29 is 4.79 Å². The summed E-state index contributed by atoms with van der Waals surface area (Å²) in [5.74, 6) is 0.0337. The van der Waals surface area contributed by atoms with E-state index in [-0.39, 0.29) is 17.7 Å². The number of H-pyrrole nitrogens is 1. The fourth-order valence-electron chi connectivity index (χ4n) is 4.57. The Labute approximate surface area is 222 Å². The van der Waals surface area contributed by atoms with Gasteiger partial charge in [0.1, 0.15) is 0 Å². The molecule has 0 spiro atoms. The Kier molecular flexibility index (Phi) is 6.79. The van der Waals surface area contributed by atoms with E-state index in [1.165, 1.54) is 0 Å². The Bertz CT molecular complexity index is 1620. The van der Waals surface area contributed by atoms with E-state index in [1.807, 2.05) is 74.5 Å². The van der Waals surface area contributed by atoms with Crippen LogP contribution in [0.5, 0.6) is 0 Å². The maximum absolute atomic E-state index is 12.3. The van der Waals surface area contributed by atoms with Gasteiger partial charge in [-0.2, -0.15) is 0 Å². The molecule has 1 atom stereocenters. The largest absolute Gasteiger partial charge is 0.398 e. The zero-order chi connectivity index (χ0) is 26.8. The Morgan fingerprint density at radius 2 is 1.87 bits per heavy atom. The number of nitrogens with one attached hydrogen (secondary N) is 3. The van der Waals surface area contributed by atoms with Crippen LogP contribution in [0.4, 0.5) is 5.69 Å². The average Bonchev–Trinajstić information content (AvgIpc) is 3.27. The molecule has 5 N–H and O–H groups in total. The standard InChI is InChI=1S/C32H31N5O/c1-19(2)32(38)36-24-9-7-20(3)15-23(16-24)22-8-10-28(33)27(17-22)31(34)30-18-26-25(5-4-6-29(26)37-30)21-11-13-35-14-12-21/h4-20,34,37H,33H2,1-3H3,(H,36,38)/t20-/m0/s1. The number of benzene rings is 2. The summed E-state index contributed by atoms with van der Waals surface area (Å²) in [6.07, 6.45) is 11.7. The third kappa shape index (κ3) is 5.06. The predicted molar refractivity (Wildman–Crippen MR) is 156 cm³/mol. The first-order valence-electron chi connectivity index (χ1n) is 12.7. The summed E-state index contributed by atoms with van der Waals surface area (Å²) in [5, 5.41) is 13.1. The van der Waals surface area contributed by atoms with Crippen molar-refractivity contribution in [2.45, 2.75) is 20.8 Å². The summed E-state index contributed by atoms with van der Waals surface area (Å²) in [7, 11) is 0. The maximum Gasteiger partial charge on any atom is 0.226 e. The minimum Gasteiger partial charge on any atom is -0.398 e. The zero-order valence-electron chi connectivity index (χ0n) is 21.7. The molecule has 0 bridgehead atoms. The number of amides is 1. The number of rotatable bonds is 6. The van der Waals surface area contributed by atoms with Gasteiger partial charge in [-0.3, -0.25) is 15.2 Å². The number of pyridine rings is 1. The zero-order valence-corrected chi connectivity index (χ0v) is 21.7. The highest BCUT2D eigenvalue weighted by atomic mass is 16.1. The second-order valence-corrected chi connectivity index (χ2v) is 9.95. The summed E-state index contributed by atoms with van der Waals surface area (Å²) < 4.78 is 0. The topological polar surface area (TPSA) is 108 Å². The first-order chi connectivity index (χ1) is 18.3. The fourth-order valence-corrected chi connectivity index (χ4v) is 4.57. The molecule has 2 aromatic carbocycles. The lowest BCUT2D eigenvalue weighted by atomic mass is 9.96. The highest BCUT2D eigenvalue weighted by molar-refractivity contribution is 6.15. The minimum absolute atomic E-state index is 0.0282. The number of nitrogen functional groups attached to an aromatic ring is 1. The average molecular weight is 502 g/mol. The van der Waals surface area contributed by atoms with Gasteiger partial charge in [0.25, 0.3) is 0 Å². The molecule has 190 valence electrons. The molecule has 0 radical (unpaired) electrons. The molecule has 2 aromatic heterocycles. The number of carbonyl (C=O) groups is 1. The van der Waals surface area contributed by atoms with Crippen LogP contribution in [0.3, 0.4) is 0 Å². The number of aromatic amines is 1. The van der Waals surface area contributed by atoms with Crippen LogP contribution in [0.1, 0.15) is 37.6 Å². The molecule has 0 saturated heterocycles. The lowest BCUT2D eigenvalue weighted by Crippen LogP contribution is -2.26. The van der Waals surface area contributed by atoms with Crippen LogP contribution in [-0.2, 0) is 4.79 Å². The molecule has 0 aliphatic heterocycles. The Hall–Kier alpha value is -4.71. The van der Waals surface area contributed by atoms with Crippen LogP contribution >= 0.6 is 0 Å². The van der Waals surface area contributed by atoms with Gasteiger partial charge >= 0.3 is 0 Å². The summed E-state index contributed by atoms with van der Waals surface area (Å²) in [5.41, 5.74) is 14.3. The van der Waals surface area contributed by atoms with Crippen LogP contribution in [0.2, 0.25) is 0 Å². The summed E-state index contributed by atoms with van der Waals surface area (Å²) >= 11 is 0. The monoisotopic (exact) mass is 501 g/mol. The summed E-state index contributed by atoms with van der Waals surface area (Å²) in [4.78, 5) is 19.9. The van der Waals surface area contributed by atoms with Gasteiger partial charge in [-0.05, 0) is 76.7 Å². The van der Waals surface area contributed by atoms with Crippen molar-refractivity contribution in [3.63, 3.8) is 0 Å². The van der Waals surface area contributed by atoms with Crippen molar-refractivity contribution >= 4 is 33.8 Å². The van der Waals surface area contributed by atoms with E-state index in [1.54, 1.807) is 12.4 Å². The van der Waals surface area contributed by atoms with E-state index < -0.39 is 0 Å². The number of nitrogens with two attached hydrogens (primary N) is 1. The van der Waals surface area contributed by atoms with E-state index in [0.717, 1.165) is 38.9 Å². The number of fused-ring (bicyclic) bond motifs is 1. The molecule has 6 nitrogen and oxygen atoms in total. The van der Waals surface area contributed by atoms with Gasteiger partial charge in [-0.15, -0.1) is 0 Å². The first kappa shape index (κ1) is 25.0. The van der Waals surface area contributed by atoms with Crippen LogP contribution in [0, 0.1) is 17.2 Å². The van der Waals surface area contributed by atoms with Gasteiger partial charge in [-0.25, -0.2) is 0 Å². The Morgan fingerprint density at radius 3 is 2.63 bits per heavy atom. The fraction of sp³-hybridized carbons (Fsp3) is 0.156. The van der Waals surface area contributed by atoms with Crippen LogP contribution in [0.25, 0.3) is 27.6 Å². The van der Waals surface area contributed by atoms with Crippen molar-refractivity contribution in [2.24, 2.45) is 11.8 Å². The molecule has 1 amide bonds. The lowest BCUT2D eigenvalue weighted by Gasteiger charge is -2.12. The van der Waals surface area contributed by atoms with Gasteiger partial charge in [-0.1, -0.05) is 51.1 Å². The van der Waals surface area contributed by atoms with Gasteiger partial charge in [0.15, 0.2) is 0 Å². The van der Waals surface area contributed by atoms with Crippen molar-refractivity contribution in [1.82, 2.24) is 15.3 Å². The van der Waals surface area contributed by atoms with Crippen molar-refractivity contribution in [1.29, 1.82) is 5.41 Å². The van der Waals surface area contributed by atoms with Gasteiger partial charge in [0, 0.05) is 46.2 Å². The van der Waals surface area contributed by atoms with Gasteiger partial charge in [0.2, 0.25) is 5.91 Å². The number of allylic oxidation sites excluding steroid dienone is 5. The van der Waals surface area contributed by atoms with Gasteiger partial charge < -0.3 is 16.0 Å². The first-order valence-corrected chi connectivity index (χ1v) is 12.7. The molecule has 0 fully saturated rings. The van der Waals surface area contributed by atoms with Gasteiger partial charge in [0.05, 0.1) is 11.4 Å². The van der Waals surface area contributed by atoms with Crippen LogP contribution in [-0.4, -0.2) is 21.6 Å². The molecule has 0 saturated carbocycles. The van der Waals surface area contributed by atoms with E-state index in [0.29, 0.717) is 22.7 Å². The molecule has 5 rings (SSSR count). The molecule has 6 heteroatoms. The smallest absolute Gasteiger partial charge is 0.226 e. The number of anilines is 1. The molecule has 1 aliphatic rings. The number of hydrogen-bond acceptors (Lipinski definition) is 4. The minimum atomic E-state index is -0.114. The second kappa shape index (κ2) is 10.3. The van der Waals surface area contributed by atoms with Crippen LogP contribution in [0.15, 0.2) is 97.0 Å². The normalized spacial score (nSPS) is 15.2. The third-order valence-electron chi connectivity index (χ3n) is 6.71. The number of hydrogen-bond donors (Lipinski definition) is 4. The molecule has 0 unspecified atom stereocenters. The van der Waals surface area contributed by atoms with Crippen molar-refractivity contribution in [2.75, 3.05) is 5.73 Å². The highest BCUT2D eigenvalue weighted by Gasteiger charge is 2.16. The van der Waals surface area contributed by atoms with Crippen molar-refractivity contribution in [3.05, 3.63) is 114 Å². The van der Waals surface area contributed by atoms with E-state index in [2.05, 4.69) is 40.4 Å². The predicted octanol–water partition coefficient (Wildman–Crippen LogP) is 6.47. The SMILES string of the molecule is CC(C)C(=O)NC1=CC(c2ccc(N)c(C(=N)c3cc4c(-c5ccncc5)cccc4[nH]3)c2)=C[C@@H](C)C=C1. The maximum atomic E-state index is 12.3. The third-order valence-corrected chi connectivity index (χ3v) is 6.71. The number of nitrogens with zero attached hydrogens (tertiary/aromatic N) is 1. The summed E-state index contributed by atoms with van der Waals surface area (Å²) in [6.45, 7) is 5.85. The van der Waals surface area contributed by atoms with Crippen molar-refractivity contribution in [3.8, 4) is 11.1 Å². The number of carbonyl (C=O) groups excluding carboxylic acids is 1. The number of aromatic nitrogens is 2. The quantitative estimate of drug-likeness (QED) is 0.179. The molecule has 38 heavy (non-hydrogen) atoms. The molecule has 2 heterocycles. The Morgan fingerprint density at radius 1 is 1.08 bits per heavy atom. The molecule has 4 aromatic rings. The highest BCUT2D eigenvalue weighted by Crippen LogP contribution is 2.31. The Balaban J connectivity index is 1.52. The van der Waals surface area contributed by atoms with E-state index in [9.17, 15) is 4.79 Å². The summed E-state index contributed by atoms with van der Waals surface area (Å²) in [6, 6.07) is 17.8. The van der Waals surface area contributed by atoms with E-state index >= 15 is 0 Å². The molecular weight excluding hydrogens is 470 g/mol. The lowest BCUT2D eigenvalue weighted by molar-refractivity contribution is -0.123. The molecule has 1 aliphatic carbocycles.